The van der Waals surface area contributed by atoms with Gasteiger partial charge in [-0.2, -0.15) is 4.98 Å². The number of ether oxygens (including phenoxy) is 1. The second-order valence-corrected chi connectivity index (χ2v) is 10.6. The van der Waals surface area contributed by atoms with Crippen LogP contribution in [0.5, 0.6) is 11.6 Å². The van der Waals surface area contributed by atoms with Gasteiger partial charge in [0.2, 0.25) is 5.88 Å². The summed E-state index contributed by atoms with van der Waals surface area (Å²) in [5.74, 6) is 1.65. The van der Waals surface area contributed by atoms with Crippen molar-refractivity contribution in [1.82, 2.24) is 15.3 Å². The number of carbonyl (C=O) groups is 1. The molecule has 0 radical (unpaired) electrons. The zero-order chi connectivity index (χ0) is 22.6. The lowest BCUT2D eigenvalue weighted by atomic mass is 9.79. The van der Waals surface area contributed by atoms with Crippen molar-refractivity contribution < 1.29 is 17.9 Å². The fourth-order valence-electron chi connectivity index (χ4n) is 4.17. The zero-order valence-corrected chi connectivity index (χ0v) is 19.1. The lowest BCUT2D eigenvalue weighted by molar-refractivity contribution is 0.0915. The molecule has 1 N–H and O–H groups in total. The van der Waals surface area contributed by atoms with E-state index in [-0.39, 0.29) is 35.2 Å². The highest BCUT2D eigenvalue weighted by Gasteiger charge is 2.29. The predicted octanol–water partition coefficient (Wildman–Crippen LogP) is 4.38. The quantitative estimate of drug-likeness (QED) is 0.634. The van der Waals surface area contributed by atoms with E-state index in [0.717, 1.165) is 56.6 Å². The van der Waals surface area contributed by atoms with Gasteiger partial charge in [-0.3, -0.25) is 4.79 Å². The van der Waals surface area contributed by atoms with Gasteiger partial charge < -0.3 is 10.1 Å². The van der Waals surface area contributed by atoms with Crippen LogP contribution < -0.4 is 10.1 Å². The minimum atomic E-state index is -3.28. The molecular formula is C24H29N3O4S. The number of sulfone groups is 1. The molecule has 2 aromatic rings. The maximum atomic E-state index is 13.2. The first-order valence-corrected chi connectivity index (χ1v) is 13.1. The molecule has 2 fully saturated rings. The molecule has 2 saturated carbocycles. The second-order valence-electron chi connectivity index (χ2n) is 8.69. The Kier molecular flexibility index (Phi) is 6.89. The summed E-state index contributed by atoms with van der Waals surface area (Å²) in [6, 6.07) is 8.86. The van der Waals surface area contributed by atoms with Crippen LogP contribution in [0.15, 0.2) is 48.0 Å². The van der Waals surface area contributed by atoms with Crippen molar-refractivity contribution in [1.29, 1.82) is 0 Å². The van der Waals surface area contributed by atoms with Crippen LogP contribution in [0.25, 0.3) is 0 Å². The standard InChI is InChI=1S/C24H29N3O4S/c1-32(29,30)15-14-21(17-10-7-11-17)26-23(28)20-16-25-22(18-8-5-6-9-18)27-24(20)31-19-12-3-2-4-13-19/h2-4,12-18,21H,5-11H2,1H3,(H,26,28)/b15-14+. The Hall–Kier alpha value is -2.74. The van der Waals surface area contributed by atoms with Crippen LogP contribution in [-0.4, -0.2) is 36.6 Å². The summed E-state index contributed by atoms with van der Waals surface area (Å²) < 4.78 is 29.2. The third kappa shape index (κ3) is 5.73. The average molecular weight is 456 g/mol. The molecule has 0 spiro atoms. The number of para-hydroxylation sites is 1. The van der Waals surface area contributed by atoms with Gasteiger partial charge in [0, 0.05) is 23.8 Å². The number of aromatic nitrogens is 2. The molecule has 0 saturated heterocycles. The minimum absolute atomic E-state index is 0.217. The minimum Gasteiger partial charge on any atom is -0.438 e. The Bertz CT molecular complexity index is 1080. The van der Waals surface area contributed by atoms with Gasteiger partial charge in [-0.05, 0) is 43.7 Å². The number of hydrogen-bond acceptors (Lipinski definition) is 6. The van der Waals surface area contributed by atoms with E-state index in [1.54, 1.807) is 6.08 Å². The zero-order valence-electron chi connectivity index (χ0n) is 18.2. The van der Waals surface area contributed by atoms with Crippen molar-refractivity contribution in [3.63, 3.8) is 0 Å². The Morgan fingerprint density at radius 1 is 1.12 bits per heavy atom. The van der Waals surface area contributed by atoms with Gasteiger partial charge in [-0.15, -0.1) is 0 Å². The number of rotatable bonds is 8. The Labute approximate surface area is 189 Å². The van der Waals surface area contributed by atoms with Gasteiger partial charge in [-0.1, -0.05) is 43.5 Å². The first-order valence-electron chi connectivity index (χ1n) is 11.2. The molecule has 1 aromatic heterocycles. The summed E-state index contributed by atoms with van der Waals surface area (Å²) in [4.78, 5) is 22.3. The van der Waals surface area contributed by atoms with E-state index in [1.807, 2.05) is 30.3 Å². The maximum absolute atomic E-state index is 13.2. The normalized spacial score (nSPS) is 18.4. The van der Waals surface area contributed by atoms with E-state index < -0.39 is 9.84 Å². The second kappa shape index (κ2) is 9.81. The molecule has 1 heterocycles. The SMILES string of the molecule is CS(=O)(=O)/C=C/C(NC(=O)c1cnc(C2CCCC2)nc1Oc1ccccc1)C1CCC1. The number of nitrogens with one attached hydrogen (secondary N) is 1. The van der Waals surface area contributed by atoms with Gasteiger partial charge in [0.25, 0.3) is 5.91 Å². The molecule has 4 rings (SSSR count). The maximum Gasteiger partial charge on any atom is 0.258 e. The molecule has 1 atom stereocenters. The highest BCUT2D eigenvalue weighted by molar-refractivity contribution is 7.93. The van der Waals surface area contributed by atoms with Crippen LogP contribution in [0.1, 0.15) is 67.0 Å². The summed E-state index contributed by atoms with van der Waals surface area (Å²) in [6.45, 7) is 0. The molecule has 1 unspecified atom stereocenters. The first-order chi connectivity index (χ1) is 15.4. The molecule has 0 aliphatic heterocycles. The van der Waals surface area contributed by atoms with Crippen LogP contribution in [0.3, 0.4) is 0 Å². The summed E-state index contributed by atoms with van der Waals surface area (Å²) in [6.07, 6.45) is 11.6. The van der Waals surface area contributed by atoms with Crippen molar-refractivity contribution in [3.05, 3.63) is 59.4 Å². The van der Waals surface area contributed by atoms with Crippen molar-refractivity contribution in [3.8, 4) is 11.6 Å². The van der Waals surface area contributed by atoms with E-state index in [0.29, 0.717) is 11.6 Å². The highest BCUT2D eigenvalue weighted by Crippen LogP contribution is 2.34. The van der Waals surface area contributed by atoms with Crippen LogP contribution in [-0.2, 0) is 9.84 Å². The third-order valence-corrected chi connectivity index (χ3v) is 6.84. The number of amides is 1. The molecule has 1 amide bonds. The van der Waals surface area contributed by atoms with E-state index >= 15 is 0 Å². The number of hydrogen-bond donors (Lipinski definition) is 1. The number of benzene rings is 1. The van der Waals surface area contributed by atoms with E-state index in [1.165, 1.54) is 6.20 Å². The number of nitrogens with zero attached hydrogens (tertiary/aromatic N) is 2. The van der Waals surface area contributed by atoms with Gasteiger partial charge in [0.05, 0.1) is 6.04 Å². The molecule has 7 nitrogen and oxygen atoms in total. The summed E-state index contributed by atoms with van der Waals surface area (Å²) in [5.41, 5.74) is 0.243. The molecule has 2 aliphatic rings. The smallest absolute Gasteiger partial charge is 0.258 e. The predicted molar refractivity (Wildman–Crippen MR) is 122 cm³/mol. The molecule has 170 valence electrons. The van der Waals surface area contributed by atoms with Gasteiger partial charge in [-0.25, -0.2) is 13.4 Å². The summed E-state index contributed by atoms with van der Waals surface area (Å²) in [7, 11) is -3.28. The summed E-state index contributed by atoms with van der Waals surface area (Å²) in [5, 5.41) is 4.14. The van der Waals surface area contributed by atoms with Gasteiger partial charge in [0.1, 0.15) is 17.1 Å². The van der Waals surface area contributed by atoms with Crippen molar-refractivity contribution in [2.45, 2.75) is 56.9 Å². The van der Waals surface area contributed by atoms with Crippen molar-refractivity contribution in [2.75, 3.05) is 6.26 Å². The largest absolute Gasteiger partial charge is 0.438 e. The van der Waals surface area contributed by atoms with E-state index in [9.17, 15) is 13.2 Å². The first kappa shape index (κ1) is 22.5. The molecule has 1 aromatic carbocycles. The van der Waals surface area contributed by atoms with Crippen LogP contribution in [0.4, 0.5) is 0 Å². The lowest BCUT2D eigenvalue weighted by Gasteiger charge is -2.32. The number of carbonyl (C=O) groups excluding carboxylic acids is 1. The van der Waals surface area contributed by atoms with E-state index in [4.69, 9.17) is 4.74 Å². The van der Waals surface area contributed by atoms with Crippen LogP contribution >= 0.6 is 0 Å². The molecule has 32 heavy (non-hydrogen) atoms. The molecule has 0 bridgehead atoms. The Balaban J connectivity index is 1.61. The fourth-order valence-corrected chi connectivity index (χ4v) is 4.63. The molecule has 8 heteroatoms. The van der Waals surface area contributed by atoms with Crippen LogP contribution in [0, 0.1) is 5.92 Å². The fraction of sp³-hybridized carbons (Fsp3) is 0.458. The topological polar surface area (TPSA) is 98.2 Å². The average Bonchev–Trinajstić information content (AvgIpc) is 3.26. The Morgan fingerprint density at radius 3 is 2.47 bits per heavy atom. The van der Waals surface area contributed by atoms with Crippen LogP contribution in [0.2, 0.25) is 0 Å². The van der Waals surface area contributed by atoms with Gasteiger partial charge >= 0.3 is 0 Å². The van der Waals surface area contributed by atoms with Crippen molar-refractivity contribution >= 4 is 15.7 Å². The van der Waals surface area contributed by atoms with Gasteiger partial charge in [0.15, 0.2) is 9.84 Å². The molecular weight excluding hydrogens is 426 g/mol. The Morgan fingerprint density at radius 2 is 1.84 bits per heavy atom. The lowest BCUT2D eigenvalue weighted by Crippen LogP contribution is -2.42. The summed E-state index contributed by atoms with van der Waals surface area (Å²) >= 11 is 0. The van der Waals surface area contributed by atoms with Crippen molar-refractivity contribution in [2.24, 2.45) is 5.92 Å². The molecule has 2 aliphatic carbocycles. The highest BCUT2D eigenvalue weighted by atomic mass is 32.2. The van der Waals surface area contributed by atoms with E-state index in [2.05, 4.69) is 15.3 Å². The monoisotopic (exact) mass is 455 g/mol. The third-order valence-electron chi connectivity index (χ3n) is 6.18.